The van der Waals surface area contributed by atoms with Crippen molar-refractivity contribution in [2.75, 3.05) is 0 Å². The molecule has 0 N–H and O–H groups in total. The molecule has 0 spiro atoms. The maximum atomic E-state index is 12.1. The lowest BCUT2D eigenvalue weighted by atomic mass is 9.49. The van der Waals surface area contributed by atoms with E-state index in [0.717, 1.165) is 12.8 Å². The van der Waals surface area contributed by atoms with E-state index in [-0.39, 0.29) is 5.41 Å². The summed E-state index contributed by atoms with van der Waals surface area (Å²) < 4.78 is 0. The average molecular weight is 208 g/mol. The van der Waals surface area contributed by atoms with E-state index in [4.69, 9.17) is 0 Å². The topological polar surface area (TPSA) is 17.1 Å². The molecule has 0 amide bonds. The van der Waals surface area contributed by atoms with Gasteiger partial charge >= 0.3 is 0 Å². The molecule has 0 heterocycles. The smallest absolute Gasteiger partial charge is 0.136 e. The van der Waals surface area contributed by atoms with Gasteiger partial charge in [0, 0.05) is 12.3 Å². The Morgan fingerprint density at radius 3 is 2.33 bits per heavy atom. The maximum Gasteiger partial charge on any atom is 0.136 e. The lowest BCUT2D eigenvalue weighted by Crippen LogP contribution is -2.51. The van der Waals surface area contributed by atoms with Crippen molar-refractivity contribution in [1.82, 2.24) is 0 Å². The second kappa shape index (κ2) is 3.33. The Kier molecular flexibility index (Phi) is 2.48. The van der Waals surface area contributed by atoms with Crippen LogP contribution in [0.1, 0.15) is 59.8 Å². The van der Waals surface area contributed by atoms with Gasteiger partial charge in [-0.3, -0.25) is 4.79 Å². The summed E-state index contributed by atoms with van der Waals surface area (Å²) in [7, 11) is 0. The van der Waals surface area contributed by atoms with E-state index >= 15 is 0 Å². The molecule has 2 unspecified atom stereocenters. The van der Waals surface area contributed by atoms with Crippen LogP contribution in [0.4, 0.5) is 0 Å². The first-order valence-electron chi connectivity index (χ1n) is 6.39. The number of ketones is 1. The third kappa shape index (κ3) is 1.55. The van der Waals surface area contributed by atoms with Gasteiger partial charge < -0.3 is 0 Å². The standard InChI is InChI=1S/C14H24O/c1-13(2)9-12(15)10-7-5-6-8-11(10)14(13,3)4/h10-11H,5-9H2,1-4H3. The Labute approximate surface area is 93.6 Å². The number of Topliss-reactive ketones (excluding diaryl/α,β-unsaturated/α-hetero) is 1. The molecule has 0 aromatic rings. The zero-order valence-electron chi connectivity index (χ0n) is 10.6. The molecule has 2 rings (SSSR count). The van der Waals surface area contributed by atoms with Gasteiger partial charge in [-0.25, -0.2) is 0 Å². The van der Waals surface area contributed by atoms with E-state index in [1.165, 1.54) is 19.3 Å². The van der Waals surface area contributed by atoms with Crippen molar-refractivity contribution in [3.63, 3.8) is 0 Å². The fourth-order valence-electron chi connectivity index (χ4n) is 3.68. The van der Waals surface area contributed by atoms with Gasteiger partial charge in [0.25, 0.3) is 0 Å². The van der Waals surface area contributed by atoms with Gasteiger partial charge in [0.1, 0.15) is 5.78 Å². The lowest BCUT2D eigenvalue weighted by molar-refractivity contribution is -0.145. The van der Waals surface area contributed by atoms with Crippen molar-refractivity contribution >= 4 is 5.78 Å². The van der Waals surface area contributed by atoms with Crippen LogP contribution >= 0.6 is 0 Å². The number of rotatable bonds is 0. The van der Waals surface area contributed by atoms with Crippen LogP contribution in [0, 0.1) is 22.7 Å². The fourth-order valence-corrected chi connectivity index (χ4v) is 3.68. The van der Waals surface area contributed by atoms with Gasteiger partial charge in [-0.2, -0.15) is 0 Å². The van der Waals surface area contributed by atoms with E-state index in [1.54, 1.807) is 0 Å². The van der Waals surface area contributed by atoms with E-state index in [2.05, 4.69) is 27.7 Å². The Morgan fingerprint density at radius 1 is 1.07 bits per heavy atom. The number of carbonyl (C=O) groups is 1. The number of carbonyl (C=O) groups excluding carboxylic acids is 1. The van der Waals surface area contributed by atoms with Crippen LogP contribution in [0.2, 0.25) is 0 Å². The Hall–Kier alpha value is -0.330. The molecule has 2 saturated carbocycles. The molecule has 2 aliphatic carbocycles. The minimum atomic E-state index is 0.183. The highest BCUT2D eigenvalue weighted by Gasteiger charge is 2.53. The molecule has 0 bridgehead atoms. The van der Waals surface area contributed by atoms with Gasteiger partial charge in [0.2, 0.25) is 0 Å². The first-order valence-corrected chi connectivity index (χ1v) is 6.39. The first kappa shape index (κ1) is 11.2. The number of hydrogen-bond acceptors (Lipinski definition) is 1. The third-order valence-corrected chi connectivity index (χ3v) is 5.47. The number of fused-ring (bicyclic) bond motifs is 1. The Balaban J connectivity index is 2.33. The van der Waals surface area contributed by atoms with Crippen LogP contribution in [-0.2, 0) is 4.79 Å². The van der Waals surface area contributed by atoms with Crippen LogP contribution < -0.4 is 0 Å². The summed E-state index contributed by atoms with van der Waals surface area (Å²) in [4.78, 5) is 12.1. The molecule has 86 valence electrons. The summed E-state index contributed by atoms with van der Waals surface area (Å²) >= 11 is 0. The van der Waals surface area contributed by atoms with Crippen LogP contribution in [0.3, 0.4) is 0 Å². The molecule has 0 saturated heterocycles. The van der Waals surface area contributed by atoms with Gasteiger partial charge in [0.15, 0.2) is 0 Å². The van der Waals surface area contributed by atoms with Crippen molar-refractivity contribution in [2.24, 2.45) is 22.7 Å². The average Bonchev–Trinajstić information content (AvgIpc) is 2.15. The van der Waals surface area contributed by atoms with Crippen LogP contribution in [0.15, 0.2) is 0 Å². The Morgan fingerprint density at radius 2 is 1.67 bits per heavy atom. The normalized spacial score (nSPS) is 38.5. The van der Waals surface area contributed by atoms with Crippen molar-refractivity contribution in [3.05, 3.63) is 0 Å². The van der Waals surface area contributed by atoms with Gasteiger partial charge in [-0.1, -0.05) is 40.5 Å². The van der Waals surface area contributed by atoms with Gasteiger partial charge in [-0.05, 0) is 29.6 Å². The van der Waals surface area contributed by atoms with Crippen molar-refractivity contribution in [2.45, 2.75) is 59.8 Å². The second-order valence-corrected chi connectivity index (χ2v) is 6.75. The molecule has 0 radical (unpaired) electrons. The molecule has 15 heavy (non-hydrogen) atoms. The van der Waals surface area contributed by atoms with Gasteiger partial charge in [0.05, 0.1) is 0 Å². The molecule has 2 aliphatic rings. The highest BCUT2D eigenvalue weighted by Crippen LogP contribution is 2.57. The summed E-state index contributed by atoms with van der Waals surface area (Å²) in [5.41, 5.74) is 0.509. The van der Waals surface area contributed by atoms with Crippen molar-refractivity contribution in [3.8, 4) is 0 Å². The zero-order valence-corrected chi connectivity index (χ0v) is 10.6. The molecule has 2 fully saturated rings. The molecular formula is C14H24O. The van der Waals surface area contributed by atoms with Crippen molar-refractivity contribution < 1.29 is 4.79 Å². The molecule has 0 aromatic heterocycles. The third-order valence-electron chi connectivity index (χ3n) is 5.47. The van der Waals surface area contributed by atoms with E-state index in [0.29, 0.717) is 23.0 Å². The summed E-state index contributed by atoms with van der Waals surface area (Å²) in [6.45, 7) is 9.30. The maximum absolute atomic E-state index is 12.1. The van der Waals surface area contributed by atoms with E-state index in [9.17, 15) is 4.79 Å². The van der Waals surface area contributed by atoms with Crippen molar-refractivity contribution in [1.29, 1.82) is 0 Å². The quantitative estimate of drug-likeness (QED) is 0.591. The van der Waals surface area contributed by atoms with Crippen LogP contribution in [0.5, 0.6) is 0 Å². The SMILES string of the molecule is CC1(C)CC(=O)C2CCCCC2C1(C)C. The highest BCUT2D eigenvalue weighted by atomic mass is 16.1. The summed E-state index contributed by atoms with van der Waals surface area (Å²) in [6, 6.07) is 0. The molecule has 1 nitrogen and oxygen atoms in total. The van der Waals surface area contributed by atoms with Crippen LogP contribution in [0.25, 0.3) is 0 Å². The Bertz CT molecular complexity index is 275. The predicted molar refractivity (Wildman–Crippen MR) is 62.6 cm³/mol. The summed E-state index contributed by atoms with van der Waals surface area (Å²) in [5, 5.41) is 0. The molecule has 2 atom stereocenters. The second-order valence-electron chi connectivity index (χ2n) is 6.75. The van der Waals surface area contributed by atoms with Gasteiger partial charge in [-0.15, -0.1) is 0 Å². The fraction of sp³-hybridized carbons (Fsp3) is 0.929. The number of hydrogen-bond donors (Lipinski definition) is 0. The molecular weight excluding hydrogens is 184 g/mol. The lowest BCUT2D eigenvalue weighted by Gasteiger charge is -2.55. The van der Waals surface area contributed by atoms with E-state index < -0.39 is 0 Å². The largest absolute Gasteiger partial charge is 0.299 e. The summed E-state index contributed by atoms with van der Waals surface area (Å²) in [6.07, 6.45) is 5.81. The predicted octanol–water partition coefficient (Wildman–Crippen LogP) is 3.82. The zero-order chi connectivity index (χ0) is 11.3. The highest BCUT2D eigenvalue weighted by molar-refractivity contribution is 5.83. The molecule has 0 aliphatic heterocycles. The monoisotopic (exact) mass is 208 g/mol. The first-order chi connectivity index (χ1) is 6.86. The van der Waals surface area contributed by atoms with Crippen LogP contribution in [-0.4, -0.2) is 5.78 Å². The molecule has 0 aromatic carbocycles. The summed E-state index contributed by atoms with van der Waals surface area (Å²) in [5.74, 6) is 1.58. The minimum absolute atomic E-state index is 0.183. The molecule has 1 heteroatoms. The minimum Gasteiger partial charge on any atom is -0.299 e. The van der Waals surface area contributed by atoms with E-state index in [1.807, 2.05) is 0 Å².